The normalized spacial score (nSPS) is 28.2. The van der Waals surface area contributed by atoms with Crippen LogP contribution in [0.2, 0.25) is 0 Å². The molecule has 38 heavy (non-hydrogen) atoms. The van der Waals surface area contributed by atoms with Gasteiger partial charge in [0.05, 0.1) is 6.26 Å². The summed E-state index contributed by atoms with van der Waals surface area (Å²) < 4.78 is 30.5. The summed E-state index contributed by atoms with van der Waals surface area (Å²) in [6.45, 7) is 0.0378. The molecule has 1 saturated heterocycles. The Hall–Kier alpha value is -3.41. The first-order chi connectivity index (χ1) is 18.0. The lowest BCUT2D eigenvalue weighted by molar-refractivity contribution is -0.157. The van der Waals surface area contributed by atoms with Crippen molar-refractivity contribution < 1.29 is 32.3 Å². The molecule has 4 atom stereocenters. The van der Waals surface area contributed by atoms with E-state index in [1.54, 1.807) is 0 Å². The second-order valence-corrected chi connectivity index (χ2v) is 12.0. The zero-order valence-corrected chi connectivity index (χ0v) is 22.2. The third-order valence-electron chi connectivity index (χ3n) is 7.31. The Balaban J connectivity index is 0.000000483. The van der Waals surface area contributed by atoms with E-state index in [9.17, 15) is 27.6 Å². The zero-order valence-electron chi connectivity index (χ0n) is 21.4. The highest BCUT2D eigenvalue weighted by Gasteiger charge is 2.58. The van der Waals surface area contributed by atoms with Crippen molar-refractivity contribution in [2.75, 3.05) is 12.8 Å². The van der Waals surface area contributed by atoms with E-state index < -0.39 is 45.5 Å². The van der Waals surface area contributed by atoms with Gasteiger partial charge in [0.2, 0.25) is 15.6 Å². The van der Waals surface area contributed by atoms with Gasteiger partial charge in [-0.3, -0.25) is 19.1 Å². The van der Waals surface area contributed by atoms with Crippen molar-refractivity contribution in [3.05, 3.63) is 36.4 Å². The van der Waals surface area contributed by atoms with Gasteiger partial charge in [-0.25, -0.2) is 13.2 Å². The van der Waals surface area contributed by atoms with Crippen molar-refractivity contribution in [2.24, 2.45) is 11.7 Å². The number of hydrogen-bond acceptors (Lipinski definition) is 7. The van der Waals surface area contributed by atoms with Crippen molar-refractivity contribution >= 4 is 33.8 Å². The first-order valence-electron chi connectivity index (χ1n) is 12.9. The molecule has 206 valence electrons. The van der Waals surface area contributed by atoms with E-state index >= 15 is 0 Å². The Morgan fingerprint density at radius 2 is 1.79 bits per heavy atom. The molecule has 0 aromatic carbocycles. The highest BCUT2D eigenvalue weighted by Crippen LogP contribution is 2.36. The lowest BCUT2D eigenvalue weighted by atomic mass is 9.92. The van der Waals surface area contributed by atoms with Crippen molar-refractivity contribution in [2.45, 2.75) is 69.1 Å². The van der Waals surface area contributed by atoms with Gasteiger partial charge in [0.1, 0.15) is 0 Å². The van der Waals surface area contributed by atoms with E-state index in [2.05, 4.69) is 29.6 Å². The summed E-state index contributed by atoms with van der Waals surface area (Å²) in [7, 11) is -3.99. The molecule has 5 rings (SSSR count). The van der Waals surface area contributed by atoms with Gasteiger partial charge in [0, 0.05) is 12.6 Å². The van der Waals surface area contributed by atoms with Crippen LogP contribution in [0, 0.1) is 5.92 Å². The summed E-state index contributed by atoms with van der Waals surface area (Å²) in [4.78, 5) is 52.4. The number of nitrogens with one attached hydrogen (secondary N) is 2. The van der Waals surface area contributed by atoms with Gasteiger partial charge in [0.15, 0.2) is 6.10 Å². The van der Waals surface area contributed by atoms with Crippen molar-refractivity contribution in [3.8, 4) is 11.1 Å². The van der Waals surface area contributed by atoms with E-state index in [0.29, 0.717) is 19.3 Å². The van der Waals surface area contributed by atoms with Crippen LogP contribution in [-0.4, -0.2) is 67.6 Å². The molecule has 0 bridgehead atoms. The van der Waals surface area contributed by atoms with Crippen LogP contribution in [0.1, 0.15) is 51.4 Å². The van der Waals surface area contributed by atoms with Crippen LogP contribution in [0.25, 0.3) is 11.1 Å². The van der Waals surface area contributed by atoms with Crippen molar-refractivity contribution in [1.29, 1.82) is 0 Å². The van der Waals surface area contributed by atoms with Gasteiger partial charge in [-0.15, -0.1) is 0 Å². The van der Waals surface area contributed by atoms with E-state index in [1.807, 2.05) is 16.9 Å². The van der Waals surface area contributed by atoms with Crippen molar-refractivity contribution in [3.63, 3.8) is 0 Å². The molecule has 0 aromatic rings. The largest absolute Gasteiger partial charge is 0.436 e. The Morgan fingerprint density at radius 1 is 1.11 bits per heavy atom. The van der Waals surface area contributed by atoms with Crippen LogP contribution < -0.4 is 15.8 Å². The average Bonchev–Trinajstić information content (AvgIpc) is 3.38. The number of carbonyl (C=O) groups is 4. The van der Waals surface area contributed by atoms with E-state index in [4.69, 9.17) is 10.5 Å². The number of rotatable bonds is 3. The number of amides is 4. The van der Waals surface area contributed by atoms with Crippen LogP contribution in [0.4, 0.5) is 4.79 Å². The number of allylic oxidation sites excluding steroid dienone is 1. The average molecular weight is 547 g/mol. The minimum Gasteiger partial charge on any atom is -0.436 e. The summed E-state index contributed by atoms with van der Waals surface area (Å²) in [5.74, 6) is -2.44. The van der Waals surface area contributed by atoms with Crippen LogP contribution in [-0.2, 0) is 29.1 Å². The monoisotopic (exact) mass is 546 g/mol. The van der Waals surface area contributed by atoms with Crippen molar-refractivity contribution in [1.82, 2.24) is 14.9 Å². The quantitative estimate of drug-likeness (QED) is 0.388. The molecule has 4 unspecified atom stereocenters. The maximum Gasteiger partial charge on any atom is 0.405 e. The zero-order chi connectivity index (χ0) is 27.5. The number of ether oxygens (including phenoxy) is 1. The summed E-state index contributed by atoms with van der Waals surface area (Å²) in [5.41, 5.74) is 5.95. The number of benzene rings is 1. The number of carbonyl (C=O) groups excluding carboxylic acids is 4. The number of hydrogen-bond donors (Lipinski definition) is 3. The smallest absolute Gasteiger partial charge is 0.405 e. The fourth-order valence-corrected chi connectivity index (χ4v) is 5.58. The number of fused-ring (bicyclic) bond motifs is 3. The first kappa shape index (κ1) is 27.6. The van der Waals surface area contributed by atoms with Gasteiger partial charge in [-0.1, -0.05) is 42.8 Å². The molecular formula is C26H34N4O7S. The maximum absolute atomic E-state index is 13.4. The molecule has 4 N–H and O–H groups in total. The molecule has 1 saturated carbocycles. The molecule has 2 fully saturated rings. The molecule has 12 heteroatoms. The second kappa shape index (κ2) is 11.1. The SMILES string of the molecule is CS(=O)(=O)NC(=O)C12CCCN1C(=O)C(OC(N)=O)CCCCCC=CC1CC1NC2=O.c1cc2ccc1-2. The van der Waals surface area contributed by atoms with Gasteiger partial charge in [0.25, 0.3) is 17.7 Å². The van der Waals surface area contributed by atoms with E-state index in [1.165, 1.54) is 11.1 Å². The highest BCUT2D eigenvalue weighted by molar-refractivity contribution is 7.89. The van der Waals surface area contributed by atoms with E-state index in [0.717, 1.165) is 30.4 Å². The van der Waals surface area contributed by atoms with Crippen LogP contribution in [0.15, 0.2) is 36.4 Å². The molecule has 5 aliphatic rings. The number of nitrogens with zero attached hydrogens (tertiary/aromatic N) is 1. The first-order valence-corrected chi connectivity index (χ1v) is 14.8. The van der Waals surface area contributed by atoms with Gasteiger partial charge < -0.3 is 20.7 Å². The minimum atomic E-state index is -3.99. The predicted molar refractivity (Wildman–Crippen MR) is 139 cm³/mol. The Labute approximate surface area is 222 Å². The van der Waals surface area contributed by atoms with Gasteiger partial charge in [-0.05, 0) is 62.0 Å². The summed E-state index contributed by atoms with van der Waals surface area (Å²) in [5, 5.41) is 2.81. The molecule has 0 aromatic heterocycles. The lowest BCUT2D eigenvalue weighted by Crippen LogP contribution is -2.67. The highest BCUT2D eigenvalue weighted by atomic mass is 32.2. The standard InChI is InChI=1S/C20H30N4O7S.C6H4/c1-32(29,30)23-18(27)20-10-7-11-24(20)16(25)15(31-19(21)28)9-6-4-2-3-5-8-13-12-14(13)22-17(20)26;1-2-6-4-3-5(1)6/h5,8,13-15H,2-4,6-7,9-12H2,1H3,(H2,21,28)(H,22,26)(H,23,27);1-4H. The molecule has 2 heterocycles. The summed E-state index contributed by atoms with van der Waals surface area (Å²) >= 11 is 0. The Morgan fingerprint density at radius 3 is 2.37 bits per heavy atom. The lowest BCUT2D eigenvalue weighted by Gasteiger charge is -2.37. The summed E-state index contributed by atoms with van der Waals surface area (Å²) in [6, 6.07) is 8.29. The molecule has 11 nitrogen and oxygen atoms in total. The molecule has 0 spiro atoms. The molecular weight excluding hydrogens is 512 g/mol. The number of primary amides is 1. The van der Waals surface area contributed by atoms with Gasteiger partial charge in [-0.2, -0.15) is 0 Å². The molecule has 4 amide bonds. The minimum absolute atomic E-state index is 0.0378. The van der Waals surface area contributed by atoms with Crippen LogP contribution >= 0.6 is 0 Å². The van der Waals surface area contributed by atoms with Gasteiger partial charge >= 0.3 is 6.09 Å². The summed E-state index contributed by atoms with van der Waals surface area (Å²) in [6.07, 6.45) is 6.71. The third kappa shape index (κ3) is 6.17. The number of nitrogens with two attached hydrogens (primary N) is 1. The molecule has 3 aliphatic carbocycles. The van der Waals surface area contributed by atoms with E-state index in [-0.39, 0.29) is 31.3 Å². The fourth-order valence-electron chi connectivity index (χ4n) is 5.08. The Kier molecular flexibility index (Phi) is 8.10. The molecule has 2 aliphatic heterocycles. The predicted octanol–water partition coefficient (Wildman–Crippen LogP) is 1.58. The molecule has 0 radical (unpaired) electrons. The fraction of sp³-hybridized carbons (Fsp3) is 0.538. The van der Waals surface area contributed by atoms with Crippen LogP contribution in [0.3, 0.4) is 0 Å². The topological polar surface area (TPSA) is 165 Å². The van der Waals surface area contributed by atoms with Crippen LogP contribution in [0.5, 0.6) is 0 Å². The maximum atomic E-state index is 13.4. The third-order valence-corrected chi connectivity index (χ3v) is 7.86. The Bertz CT molecular complexity index is 1210. The second-order valence-electron chi connectivity index (χ2n) is 10.2. The number of sulfonamides is 1.